The van der Waals surface area contributed by atoms with Crippen molar-refractivity contribution in [3.05, 3.63) is 53.6 Å². The maximum atomic E-state index is 13.7. The van der Waals surface area contributed by atoms with Gasteiger partial charge in [-0.25, -0.2) is 14.6 Å². The average molecular weight is 474 g/mol. The number of ether oxygens (including phenoxy) is 1. The van der Waals surface area contributed by atoms with Crippen molar-refractivity contribution in [1.82, 2.24) is 29.6 Å². The summed E-state index contributed by atoms with van der Waals surface area (Å²) in [5, 5.41) is 4.52. The van der Waals surface area contributed by atoms with Crippen LogP contribution in [0.5, 0.6) is 0 Å². The first-order valence-electron chi connectivity index (χ1n) is 12.5. The Kier molecular flexibility index (Phi) is 5.72. The number of likely N-dealkylation sites (tertiary alicyclic amines) is 1. The van der Waals surface area contributed by atoms with E-state index in [1.54, 1.807) is 12.4 Å². The van der Waals surface area contributed by atoms with Crippen molar-refractivity contribution >= 4 is 11.9 Å². The van der Waals surface area contributed by atoms with Crippen LogP contribution in [-0.2, 0) is 4.74 Å². The fourth-order valence-corrected chi connectivity index (χ4v) is 5.77. The summed E-state index contributed by atoms with van der Waals surface area (Å²) in [6.07, 6.45) is 6.50. The number of pyridine rings is 1. The van der Waals surface area contributed by atoms with Crippen molar-refractivity contribution in [2.75, 3.05) is 37.7 Å². The van der Waals surface area contributed by atoms with Crippen LogP contribution in [0.4, 0.5) is 5.95 Å². The molecule has 6 heterocycles. The van der Waals surface area contributed by atoms with Crippen molar-refractivity contribution in [3.8, 4) is 11.4 Å². The average Bonchev–Trinajstić information content (AvgIpc) is 3.59. The first-order chi connectivity index (χ1) is 17.1. The first kappa shape index (κ1) is 22.2. The maximum Gasteiger partial charge on any atom is 0.256 e. The Bertz CT molecular complexity index is 1200. The number of rotatable bonds is 4. The Balaban J connectivity index is 1.20. The molecule has 0 saturated carbocycles. The molecule has 3 aliphatic rings. The minimum absolute atomic E-state index is 0.0361. The van der Waals surface area contributed by atoms with Crippen LogP contribution in [0.3, 0.4) is 0 Å². The third-order valence-corrected chi connectivity index (χ3v) is 7.41. The van der Waals surface area contributed by atoms with Gasteiger partial charge in [-0.05, 0) is 57.4 Å². The zero-order valence-corrected chi connectivity index (χ0v) is 20.3. The molecule has 3 unspecified atom stereocenters. The summed E-state index contributed by atoms with van der Waals surface area (Å²) < 4.78 is 7.85. The molecule has 0 radical (unpaired) electrons. The van der Waals surface area contributed by atoms with E-state index in [4.69, 9.17) is 4.74 Å². The molecule has 182 valence electrons. The van der Waals surface area contributed by atoms with Gasteiger partial charge in [-0.1, -0.05) is 0 Å². The van der Waals surface area contributed by atoms with Gasteiger partial charge in [0.1, 0.15) is 5.69 Å². The van der Waals surface area contributed by atoms with E-state index < -0.39 is 0 Å². The largest absolute Gasteiger partial charge is 0.356 e. The number of hydrogen-bond donors (Lipinski definition) is 0. The second-order valence-electron chi connectivity index (χ2n) is 9.97. The predicted octanol–water partition coefficient (Wildman–Crippen LogP) is 3.26. The van der Waals surface area contributed by atoms with Crippen LogP contribution in [0.15, 0.2) is 36.7 Å². The van der Waals surface area contributed by atoms with Crippen molar-refractivity contribution in [1.29, 1.82) is 0 Å². The van der Waals surface area contributed by atoms with Crippen molar-refractivity contribution in [2.24, 2.45) is 11.8 Å². The molecule has 35 heavy (non-hydrogen) atoms. The number of aromatic nitrogens is 5. The lowest BCUT2D eigenvalue weighted by molar-refractivity contribution is -0.0384. The third kappa shape index (κ3) is 4.18. The number of carbonyl (C=O) groups is 1. The molecule has 3 fully saturated rings. The smallest absolute Gasteiger partial charge is 0.256 e. The van der Waals surface area contributed by atoms with Crippen molar-refractivity contribution in [3.63, 3.8) is 0 Å². The number of fused-ring (bicyclic) bond motifs is 1. The van der Waals surface area contributed by atoms with E-state index in [1.807, 2.05) is 47.7 Å². The lowest BCUT2D eigenvalue weighted by Crippen LogP contribution is -2.34. The van der Waals surface area contributed by atoms with E-state index in [2.05, 4.69) is 25.0 Å². The lowest BCUT2D eigenvalue weighted by atomic mass is 10.0. The molecular weight excluding hydrogens is 442 g/mol. The summed E-state index contributed by atoms with van der Waals surface area (Å²) in [7, 11) is 0. The summed E-state index contributed by atoms with van der Waals surface area (Å²) in [5.74, 6) is 1.69. The molecule has 0 N–H and O–H groups in total. The van der Waals surface area contributed by atoms with E-state index in [0.29, 0.717) is 23.1 Å². The van der Waals surface area contributed by atoms with Gasteiger partial charge < -0.3 is 14.5 Å². The van der Waals surface area contributed by atoms with Gasteiger partial charge in [0.15, 0.2) is 6.23 Å². The first-order valence-corrected chi connectivity index (χ1v) is 12.5. The van der Waals surface area contributed by atoms with Gasteiger partial charge in [0, 0.05) is 68.4 Å². The monoisotopic (exact) mass is 473 g/mol. The summed E-state index contributed by atoms with van der Waals surface area (Å²) in [5.41, 5.74) is 4.11. The second kappa shape index (κ2) is 9.03. The standard InChI is InChI=1S/C26H31N7O2/c1-17-12-18(2)30-26(29-17)32-15-19-13-31(14-20(19)16-32)25(34)21-6-5-9-27-24(21)22-8-10-28-33(22)23-7-3-4-11-35-23/h5-6,8-10,12,19-20,23H,3-4,7,11,13-16H2,1-2H3. The van der Waals surface area contributed by atoms with E-state index in [1.165, 1.54) is 0 Å². The van der Waals surface area contributed by atoms with Crippen LogP contribution in [0, 0.1) is 25.7 Å². The van der Waals surface area contributed by atoms with E-state index >= 15 is 0 Å². The Labute approximate surface area is 205 Å². The van der Waals surface area contributed by atoms with Crippen molar-refractivity contribution in [2.45, 2.75) is 39.3 Å². The number of amides is 1. The predicted molar refractivity (Wildman–Crippen MR) is 131 cm³/mol. The van der Waals surface area contributed by atoms with Gasteiger partial charge in [-0.3, -0.25) is 9.78 Å². The van der Waals surface area contributed by atoms with Crippen molar-refractivity contribution < 1.29 is 9.53 Å². The number of hydrogen-bond acceptors (Lipinski definition) is 7. The van der Waals surface area contributed by atoms with Gasteiger partial charge in [0.25, 0.3) is 5.91 Å². The zero-order valence-electron chi connectivity index (χ0n) is 20.3. The Morgan fingerprint density at radius 3 is 2.49 bits per heavy atom. The van der Waals surface area contributed by atoms with Crippen LogP contribution in [0.25, 0.3) is 11.4 Å². The van der Waals surface area contributed by atoms with Gasteiger partial charge in [-0.2, -0.15) is 5.10 Å². The Hall–Kier alpha value is -3.33. The highest BCUT2D eigenvalue weighted by molar-refractivity contribution is 5.99. The Morgan fingerprint density at radius 1 is 1.00 bits per heavy atom. The summed E-state index contributed by atoms with van der Waals surface area (Å²) in [6.45, 7) is 7.99. The normalized spacial score (nSPS) is 24.1. The molecule has 0 aliphatic carbocycles. The number of carbonyl (C=O) groups excluding carboxylic acids is 1. The summed E-state index contributed by atoms with van der Waals surface area (Å²) >= 11 is 0. The highest BCUT2D eigenvalue weighted by atomic mass is 16.5. The Morgan fingerprint density at radius 2 is 1.77 bits per heavy atom. The molecule has 1 amide bonds. The fourth-order valence-electron chi connectivity index (χ4n) is 5.77. The van der Waals surface area contributed by atoms with Crippen LogP contribution in [0.2, 0.25) is 0 Å². The highest BCUT2D eigenvalue weighted by Gasteiger charge is 2.43. The summed E-state index contributed by atoms with van der Waals surface area (Å²) in [4.78, 5) is 31.9. The summed E-state index contributed by atoms with van der Waals surface area (Å²) in [6, 6.07) is 7.65. The molecule has 3 saturated heterocycles. The third-order valence-electron chi connectivity index (χ3n) is 7.41. The van der Waals surface area contributed by atoms with Gasteiger partial charge in [0.05, 0.1) is 11.3 Å². The SMILES string of the molecule is Cc1cc(C)nc(N2CC3CN(C(=O)c4cccnc4-c4ccnn4C4CCCCO4)CC3C2)n1. The lowest BCUT2D eigenvalue weighted by Gasteiger charge is -2.25. The fraction of sp³-hybridized carbons (Fsp3) is 0.500. The molecule has 3 aliphatic heterocycles. The molecular formula is C26H31N7O2. The minimum atomic E-state index is -0.108. The van der Waals surface area contributed by atoms with Crippen LogP contribution in [0.1, 0.15) is 47.2 Å². The molecule has 0 bridgehead atoms. The number of anilines is 1. The molecule has 0 aromatic carbocycles. The minimum Gasteiger partial charge on any atom is -0.356 e. The quantitative estimate of drug-likeness (QED) is 0.575. The molecule has 0 spiro atoms. The van der Waals surface area contributed by atoms with Crippen LogP contribution < -0.4 is 4.90 Å². The molecule has 3 atom stereocenters. The zero-order chi connectivity index (χ0) is 23.9. The highest BCUT2D eigenvalue weighted by Crippen LogP contribution is 2.35. The van der Waals surface area contributed by atoms with Crippen LogP contribution in [-0.4, -0.2) is 68.3 Å². The van der Waals surface area contributed by atoms with E-state index in [0.717, 1.165) is 75.1 Å². The van der Waals surface area contributed by atoms with Gasteiger partial charge in [0.2, 0.25) is 5.95 Å². The molecule has 9 nitrogen and oxygen atoms in total. The van der Waals surface area contributed by atoms with Crippen LogP contribution >= 0.6 is 0 Å². The number of aryl methyl sites for hydroxylation is 2. The molecule has 6 rings (SSSR count). The molecule has 9 heteroatoms. The maximum absolute atomic E-state index is 13.7. The number of nitrogens with zero attached hydrogens (tertiary/aromatic N) is 7. The topological polar surface area (TPSA) is 89.3 Å². The van der Waals surface area contributed by atoms with Gasteiger partial charge in [-0.15, -0.1) is 0 Å². The molecule has 3 aromatic rings. The molecule has 3 aromatic heterocycles. The van der Waals surface area contributed by atoms with Gasteiger partial charge >= 0.3 is 0 Å². The van der Waals surface area contributed by atoms with E-state index in [9.17, 15) is 4.79 Å². The second-order valence-corrected chi connectivity index (χ2v) is 9.97. The van der Waals surface area contributed by atoms with E-state index in [-0.39, 0.29) is 12.1 Å².